The highest BCUT2D eigenvalue weighted by molar-refractivity contribution is 7.89. The van der Waals surface area contributed by atoms with Gasteiger partial charge in [0.2, 0.25) is 15.9 Å². The topological polar surface area (TPSA) is 121 Å². The van der Waals surface area contributed by atoms with E-state index in [0.717, 1.165) is 12.8 Å². The molecular formula is C20H30N4O6S. The molecule has 172 valence electrons. The fraction of sp³-hybridized carbons (Fsp3) is 0.750. The van der Waals surface area contributed by atoms with Gasteiger partial charge in [0.05, 0.1) is 12.2 Å². The van der Waals surface area contributed by atoms with Crippen molar-refractivity contribution >= 4 is 10.0 Å². The molecule has 0 radical (unpaired) electrons. The Bertz CT molecular complexity index is 974. The van der Waals surface area contributed by atoms with Crippen LogP contribution < -0.4 is 0 Å². The Morgan fingerprint density at radius 3 is 2.65 bits per heavy atom. The second kappa shape index (κ2) is 8.97. The van der Waals surface area contributed by atoms with Gasteiger partial charge < -0.3 is 18.5 Å². The molecule has 2 fully saturated rings. The third kappa shape index (κ3) is 4.69. The van der Waals surface area contributed by atoms with Crippen LogP contribution in [0.3, 0.4) is 0 Å². The summed E-state index contributed by atoms with van der Waals surface area (Å²) in [6.45, 7) is 5.34. The van der Waals surface area contributed by atoms with Crippen LogP contribution in [-0.4, -0.2) is 67.0 Å². The van der Waals surface area contributed by atoms with Crippen LogP contribution in [0.4, 0.5) is 0 Å². The molecule has 1 atom stereocenters. The maximum Gasteiger partial charge on any atom is 0.248 e. The normalized spacial score (nSPS) is 22.2. The molecule has 10 nitrogen and oxygen atoms in total. The molecule has 11 heteroatoms. The van der Waals surface area contributed by atoms with Crippen molar-refractivity contribution < 1.29 is 26.9 Å². The first kappa shape index (κ1) is 22.4. The quantitative estimate of drug-likeness (QED) is 0.619. The van der Waals surface area contributed by atoms with E-state index in [4.69, 9.17) is 18.5 Å². The van der Waals surface area contributed by atoms with Crippen molar-refractivity contribution in [2.24, 2.45) is 5.92 Å². The van der Waals surface area contributed by atoms with Gasteiger partial charge in [0.1, 0.15) is 10.6 Å². The highest BCUT2D eigenvalue weighted by Gasteiger charge is 2.44. The van der Waals surface area contributed by atoms with Crippen molar-refractivity contribution in [3.05, 3.63) is 23.2 Å². The third-order valence-electron chi connectivity index (χ3n) is 6.30. The third-order valence-corrected chi connectivity index (χ3v) is 8.44. The molecule has 2 aliphatic heterocycles. The van der Waals surface area contributed by atoms with Crippen LogP contribution >= 0.6 is 0 Å². The summed E-state index contributed by atoms with van der Waals surface area (Å²) in [4.78, 5) is 4.65. The number of sulfonamides is 1. The van der Waals surface area contributed by atoms with Crippen LogP contribution in [0.15, 0.2) is 13.9 Å². The first-order valence-corrected chi connectivity index (χ1v) is 12.1. The predicted molar refractivity (Wildman–Crippen MR) is 109 cm³/mol. The Labute approximate surface area is 182 Å². The number of hydrogen-bond donors (Lipinski definition) is 0. The summed E-state index contributed by atoms with van der Waals surface area (Å²) in [7, 11) is -1.98. The molecule has 2 aromatic rings. The number of aryl methyl sites for hydroxylation is 2. The molecule has 4 rings (SSSR count). The number of methoxy groups -OCH3 is 1. The first-order valence-electron chi connectivity index (χ1n) is 10.7. The zero-order valence-electron chi connectivity index (χ0n) is 18.3. The van der Waals surface area contributed by atoms with E-state index in [1.807, 2.05) is 0 Å². The lowest BCUT2D eigenvalue weighted by atomic mass is 9.79. The second-order valence-corrected chi connectivity index (χ2v) is 10.4. The molecule has 1 unspecified atom stereocenters. The standard InChI is InChI=1S/C20H30N4O6S/c1-14-19(15(2)29-22-14)31(25,26)24-8-6-20(7-9-24)13-16(4-11-28-20)12-18-21-17(23-30-18)5-10-27-3/h16H,4-13H2,1-3H3. The van der Waals surface area contributed by atoms with Crippen molar-refractivity contribution in [2.45, 2.75) is 62.9 Å². The van der Waals surface area contributed by atoms with Crippen LogP contribution in [0.5, 0.6) is 0 Å². The lowest BCUT2D eigenvalue weighted by Gasteiger charge is -2.45. The highest BCUT2D eigenvalue weighted by Crippen LogP contribution is 2.40. The van der Waals surface area contributed by atoms with E-state index in [1.165, 1.54) is 4.31 Å². The summed E-state index contributed by atoms with van der Waals surface area (Å²) in [5.41, 5.74) is 0.100. The number of rotatable bonds is 7. The van der Waals surface area contributed by atoms with Gasteiger partial charge in [0.15, 0.2) is 11.6 Å². The Balaban J connectivity index is 1.37. The van der Waals surface area contributed by atoms with E-state index in [1.54, 1.807) is 21.0 Å². The molecule has 2 aliphatic rings. The van der Waals surface area contributed by atoms with Gasteiger partial charge in [0, 0.05) is 39.6 Å². The number of nitrogens with zero attached hydrogens (tertiary/aromatic N) is 4. The van der Waals surface area contributed by atoms with Crippen molar-refractivity contribution in [3.63, 3.8) is 0 Å². The highest BCUT2D eigenvalue weighted by atomic mass is 32.2. The van der Waals surface area contributed by atoms with Crippen LogP contribution in [-0.2, 0) is 32.3 Å². The fourth-order valence-corrected chi connectivity index (χ4v) is 6.41. The molecule has 0 bridgehead atoms. The molecule has 0 saturated carbocycles. The van der Waals surface area contributed by atoms with Gasteiger partial charge in [-0.3, -0.25) is 0 Å². The molecular weight excluding hydrogens is 424 g/mol. The molecule has 4 heterocycles. The van der Waals surface area contributed by atoms with Crippen molar-refractivity contribution in [1.82, 2.24) is 19.6 Å². The van der Waals surface area contributed by atoms with Crippen molar-refractivity contribution in [1.29, 1.82) is 0 Å². The van der Waals surface area contributed by atoms with Crippen LogP contribution in [0.2, 0.25) is 0 Å². The monoisotopic (exact) mass is 454 g/mol. The van der Waals surface area contributed by atoms with Crippen LogP contribution in [0.1, 0.15) is 48.9 Å². The summed E-state index contributed by atoms with van der Waals surface area (Å²) >= 11 is 0. The first-order chi connectivity index (χ1) is 14.8. The lowest BCUT2D eigenvalue weighted by molar-refractivity contribution is -0.121. The summed E-state index contributed by atoms with van der Waals surface area (Å²) in [6.07, 6.45) is 4.46. The van der Waals surface area contributed by atoms with E-state index < -0.39 is 10.0 Å². The van der Waals surface area contributed by atoms with Crippen LogP contribution in [0, 0.1) is 19.8 Å². The maximum atomic E-state index is 13.1. The van der Waals surface area contributed by atoms with E-state index in [0.29, 0.717) is 81.1 Å². The number of hydrogen-bond acceptors (Lipinski definition) is 9. The van der Waals surface area contributed by atoms with E-state index >= 15 is 0 Å². The van der Waals surface area contributed by atoms with E-state index in [2.05, 4.69) is 15.3 Å². The fourth-order valence-electron chi connectivity index (χ4n) is 4.67. The minimum atomic E-state index is -3.62. The van der Waals surface area contributed by atoms with Gasteiger partial charge in [-0.05, 0) is 45.4 Å². The van der Waals surface area contributed by atoms with Crippen molar-refractivity contribution in [2.75, 3.05) is 33.4 Å². The van der Waals surface area contributed by atoms with Gasteiger partial charge in [0.25, 0.3) is 0 Å². The Kier molecular flexibility index (Phi) is 6.47. The van der Waals surface area contributed by atoms with Crippen LogP contribution in [0.25, 0.3) is 0 Å². The Hall–Kier alpha value is -1.82. The summed E-state index contributed by atoms with van der Waals surface area (Å²) in [5, 5.41) is 7.81. The molecule has 2 saturated heterocycles. The Morgan fingerprint density at radius 1 is 1.19 bits per heavy atom. The molecule has 31 heavy (non-hydrogen) atoms. The number of ether oxygens (including phenoxy) is 2. The SMILES string of the molecule is COCCc1noc(CC2CCOC3(CCN(S(=O)(=O)c4c(C)noc4C)CC3)C2)n1. The van der Waals surface area contributed by atoms with Gasteiger partial charge in [-0.2, -0.15) is 9.29 Å². The van der Waals surface area contributed by atoms with Gasteiger partial charge in [-0.25, -0.2) is 8.42 Å². The maximum absolute atomic E-state index is 13.1. The van der Waals surface area contributed by atoms with Gasteiger partial charge in [-0.1, -0.05) is 10.3 Å². The molecule has 0 aromatic carbocycles. The summed E-state index contributed by atoms with van der Waals surface area (Å²) < 4.78 is 49.4. The lowest BCUT2D eigenvalue weighted by Crippen LogP contribution is -2.51. The summed E-state index contributed by atoms with van der Waals surface area (Å²) in [6, 6.07) is 0. The number of piperidine rings is 1. The smallest absolute Gasteiger partial charge is 0.248 e. The number of aromatic nitrogens is 3. The second-order valence-electron chi connectivity index (χ2n) is 8.50. The molecule has 0 aliphatic carbocycles. The van der Waals surface area contributed by atoms with Gasteiger partial charge in [-0.15, -0.1) is 0 Å². The van der Waals surface area contributed by atoms with Crippen molar-refractivity contribution in [3.8, 4) is 0 Å². The summed E-state index contributed by atoms with van der Waals surface area (Å²) in [5.74, 6) is 2.01. The largest absolute Gasteiger partial charge is 0.384 e. The van der Waals surface area contributed by atoms with E-state index in [-0.39, 0.29) is 10.5 Å². The minimum Gasteiger partial charge on any atom is -0.384 e. The zero-order chi connectivity index (χ0) is 22.1. The molecule has 0 N–H and O–H groups in total. The van der Waals surface area contributed by atoms with E-state index in [9.17, 15) is 8.42 Å². The predicted octanol–water partition coefficient (Wildman–Crippen LogP) is 2.06. The zero-order valence-corrected chi connectivity index (χ0v) is 19.1. The molecule has 0 amide bonds. The van der Waals surface area contributed by atoms with Gasteiger partial charge >= 0.3 is 0 Å². The Morgan fingerprint density at radius 2 is 1.97 bits per heavy atom. The minimum absolute atomic E-state index is 0.187. The molecule has 1 spiro atoms. The molecule has 2 aromatic heterocycles. The average molecular weight is 455 g/mol. The average Bonchev–Trinajstić information content (AvgIpc) is 3.32.